The maximum absolute atomic E-state index is 11.7. The van der Waals surface area contributed by atoms with Crippen LogP contribution in [0.5, 0.6) is 0 Å². The van der Waals surface area contributed by atoms with Crippen LogP contribution in [0, 0.1) is 11.3 Å². The first-order valence-corrected chi connectivity index (χ1v) is 4.94. The number of amides is 1. The minimum absolute atomic E-state index is 0.0751. The van der Waals surface area contributed by atoms with Gasteiger partial charge in [0.05, 0.1) is 18.2 Å². The summed E-state index contributed by atoms with van der Waals surface area (Å²) in [6, 6.07) is 2.00. The predicted molar refractivity (Wildman–Crippen MR) is 53.5 cm³/mol. The van der Waals surface area contributed by atoms with E-state index in [9.17, 15) is 4.79 Å². The van der Waals surface area contributed by atoms with Gasteiger partial charge in [0.1, 0.15) is 0 Å². The molecular formula is C10H17N3O. The highest BCUT2D eigenvalue weighted by molar-refractivity contribution is 5.81. The average Bonchev–Trinajstić information content (AvgIpc) is 2.62. The third-order valence-electron chi connectivity index (χ3n) is 2.74. The maximum Gasteiger partial charge on any atom is 0.239 e. The van der Waals surface area contributed by atoms with E-state index in [0.29, 0.717) is 0 Å². The minimum atomic E-state index is -0.169. The molecule has 0 saturated carbocycles. The Morgan fingerprint density at radius 2 is 2.29 bits per heavy atom. The molecule has 2 atom stereocenters. The Balaban J connectivity index is 2.65. The predicted octanol–water partition coefficient (Wildman–Crippen LogP) is 0.451. The van der Waals surface area contributed by atoms with Crippen molar-refractivity contribution in [3.05, 3.63) is 0 Å². The van der Waals surface area contributed by atoms with Crippen LogP contribution in [0.4, 0.5) is 0 Å². The molecular weight excluding hydrogens is 178 g/mol. The fourth-order valence-corrected chi connectivity index (χ4v) is 1.91. The topological polar surface area (TPSA) is 47.3 Å². The maximum atomic E-state index is 11.7. The highest BCUT2D eigenvalue weighted by Gasteiger charge is 2.32. The number of nitrogens with zero attached hydrogens (tertiary/aromatic N) is 3. The third-order valence-corrected chi connectivity index (χ3v) is 2.74. The van der Waals surface area contributed by atoms with Gasteiger partial charge in [-0.2, -0.15) is 5.26 Å². The summed E-state index contributed by atoms with van der Waals surface area (Å²) in [6.07, 6.45) is 1.91. The molecule has 2 unspecified atom stereocenters. The number of carbonyl (C=O) groups is 1. The van der Waals surface area contributed by atoms with E-state index in [4.69, 9.17) is 5.26 Å². The minimum Gasteiger partial charge on any atom is -0.347 e. The Bertz CT molecular complexity index is 257. The molecule has 1 rings (SSSR count). The summed E-state index contributed by atoms with van der Waals surface area (Å²) in [5, 5.41) is 8.89. The number of likely N-dealkylation sites (tertiary alicyclic amines) is 1. The third kappa shape index (κ3) is 2.05. The van der Waals surface area contributed by atoms with Crippen molar-refractivity contribution in [1.29, 1.82) is 5.26 Å². The van der Waals surface area contributed by atoms with Crippen LogP contribution in [0.15, 0.2) is 0 Å². The summed E-state index contributed by atoms with van der Waals surface area (Å²) in [5.74, 6) is 0.0761. The van der Waals surface area contributed by atoms with Gasteiger partial charge in [-0.15, -0.1) is 0 Å². The lowest BCUT2D eigenvalue weighted by atomic mass is 10.2. The number of hydrogen-bond acceptors (Lipinski definition) is 3. The second-order valence-electron chi connectivity index (χ2n) is 3.93. The first kappa shape index (κ1) is 11.0. The molecule has 0 aliphatic carbocycles. The van der Waals surface area contributed by atoms with E-state index in [1.54, 1.807) is 19.0 Å². The van der Waals surface area contributed by atoms with Gasteiger partial charge in [0.2, 0.25) is 5.91 Å². The zero-order chi connectivity index (χ0) is 10.7. The normalized spacial score (nSPS) is 24.3. The van der Waals surface area contributed by atoms with Gasteiger partial charge in [0, 0.05) is 20.6 Å². The number of likely N-dealkylation sites (N-methyl/N-ethyl adjacent to an activating group) is 1. The van der Waals surface area contributed by atoms with Crippen molar-refractivity contribution in [1.82, 2.24) is 9.80 Å². The van der Waals surface area contributed by atoms with E-state index in [0.717, 1.165) is 19.4 Å². The molecule has 4 nitrogen and oxygen atoms in total. The summed E-state index contributed by atoms with van der Waals surface area (Å²) < 4.78 is 0. The van der Waals surface area contributed by atoms with Crippen LogP contribution in [-0.2, 0) is 4.79 Å². The zero-order valence-corrected chi connectivity index (χ0v) is 9.03. The van der Waals surface area contributed by atoms with Gasteiger partial charge in [-0.3, -0.25) is 9.69 Å². The Labute approximate surface area is 85.1 Å². The second-order valence-corrected chi connectivity index (χ2v) is 3.93. The average molecular weight is 195 g/mol. The Morgan fingerprint density at radius 3 is 2.79 bits per heavy atom. The van der Waals surface area contributed by atoms with Crippen LogP contribution < -0.4 is 0 Å². The summed E-state index contributed by atoms with van der Waals surface area (Å²) in [7, 11) is 3.49. The summed E-state index contributed by atoms with van der Waals surface area (Å²) in [6.45, 7) is 2.73. The Morgan fingerprint density at radius 1 is 1.64 bits per heavy atom. The van der Waals surface area contributed by atoms with Crippen LogP contribution in [0.2, 0.25) is 0 Å². The van der Waals surface area contributed by atoms with Crippen molar-refractivity contribution in [2.45, 2.75) is 31.8 Å². The molecule has 0 aromatic rings. The smallest absolute Gasteiger partial charge is 0.239 e. The molecule has 0 N–H and O–H groups in total. The van der Waals surface area contributed by atoms with E-state index >= 15 is 0 Å². The van der Waals surface area contributed by atoms with E-state index in [1.807, 2.05) is 11.8 Å². The first-order chi connectivity index (χ1) is 6.57. The largest absolute Gasteiger partial charge is 0.347 e. The fourth-order valence-electron chi connectivity index (χ4n) is 1.91. The van der Waals surface area contributed by atoms with Crippen LogP contribution in [0.3, 0.4) is 0 Å². The van der Waals surface area contributed by atoms with Crippen LogP contribution in [-0.4, -0.2) is 48.4 Å². The van der Waals surface area contributed by atoms with Crippen molar-refractivity contribution in [3.63, 3.8) is 0 Å². The monoisotopic (exact) mass is 195 g/mol. The lowest BCUT2D eigenvalue weighted by Crippen LogP contribution is -2.46. The quantitative estimate of drug-likeness (QED) is 0.642. The van der Waals surface area contributed by atoms with Crippen LogP contribution in [0.1, 0.15) is 19.8 Å². The molecule has 1 amide bonds. The van der Waals surface area contributed by atoms with Crippen molar-refractivity contribution < 1.29 is 4.79 Å². The van der Waals surface area contributed by atoms with Crippen LogP contribution in [0.25, 0.3) is 0 Å². The Kier molecular flexibility index (Phi) is 3.48. The molecule has 0 aromatic heterocycles. The molecule has 1 heterocycles. The standard InChI is InChI=1S/C10H17N3O/c1-8(10(14)12(2)3)13-6-4-5-9(13)7-11/h8-9H,4-6H2,1-3H3. The summed E-state index contributed by atoms with van der Waals surface area (Å²) in [5.41, 5.74) is 0. The highest BCUT2D eigenvalue weighted by atomic mass is 16.2. The van der Waals surface area contributed by atoms with E-state index in [-0.39, 0.29) is 18.0 Å². The molecule has 1 aliphatic heterocycles. The molecule has 78 valence electrons. The number of nitriles is 1. The molecule has 4 heteroatoms. The first-order valence-electron chi connectivity index (χ1n) is 4.94. The van der Waals surface area contributed by atoms with Gasteiger partial charge in [0.25, 0.3) is 0 Å². The molecule has 0 bridgehead atoms. The zero-order valence-electron chi connectivity index (χ0n) is 9.03. The molecule has 1 aliphatic rings. The lowest BCUT2D eigenvalue weighted by Gasteiger charge is -2.27. The summed E-state index contributed by atoms with van der Waals surface area (Å²) in [4.78, 5) is 15.2. The van der Waals surface area contributed by atoms with Gasteiger partial charge in [-0.1, -0.05) is 0 Å². The van der Waals surface area contributed by atoms with Gasteiger partial charge in [-0.25, -0.2) is 0 Å². The van der Waals surface area contributed by atoms with Crippen LogP contribution >= 0.6 is 0 Å². The molecule has 14 heavy (non-hydrogen) atoms. The molecule has 1 fully saturated rings. The number of carbonyl (C=O) groups excluding carboxylic acids is 1. The SMILES string of the molecule is CC(C(=O)N(C)C)N1CCCC1C#N. The van der Waals surface area contributed by atoms with E-state index < -0.39 is 0 Å². The lowest BCUT2D eigenvalue weighted by molar-refractivity contribution is -0.133. The second kappa shape index (κ2) is 4.43. The highest BCUT2D eigenvalue weighted by Crippen LogP contribution is 2.19. The summed E-state index contributed by atoms with van der Waals surface area (Å²) >= 11 is 0. The van der Waals surface area contributed by atoms with Gasteiger partial charge in [-0.05, 0) is 19.8 Å². The molecule has 0 radical (unpaired) electrons. The van der Waals surface area contributed by atoms with Gasteiger partial charge < -0.3 is 4.90 Å². The van der Waals surface area contributed by atoms with Crippen molar-refractivity contribution >= 4 is 5.91 Å². The van der Waals surface area contributed by atoms with Crippen molar-refractivity contribution in [2.24, 2.45) is 0 Å². The Hall–Kier alpha value is -1.08. The van der Waals surface area contributed by atoms with E-state index in [1.165, 1.54) is 0 Å². The fraction of sp³-hybridized carbons (Fsp3) is 0.800. The van der Waals surface area contributed by atoms with Crippen molar-refractivity contribution in [3.8, 4) is 6.07 Å². The molecule has 0 aromatic carbocycles. The molecule has 0 spiro atoms. The number of rotatable bonds is 2. The van der Waals surface area contributed by atoms with Crippen molar-refractivity contribution in [2.75, 3.05) is 20.6 Å². The number of hydrogen-bond donors (Lipinski definition) is 0. The van der Waals surface area contributed by atoms with E-state index in [2.05, 4.69) is 6.07 Å². The van der Waals surface area contributed by atoms with Gasteiger partial charge >= 0.3 is 0 Å². The van der Waals surface area contributed by atoms with Gasteiger partial charge in [0.15, 0.2) is 0 Å². The molecule has 1 saturated heterocycles.